The Morgan fingerprint density at radius 3 is 2.83 bits per heavy atom. The molecule has 1 N–H and O–H groups in total. The molecule has 0 saturated carbocycles. The first kappa shape index (κ1) is 20.1. The van der Waals surface area contributed by atoms with Crippen molar-refractivity contribution in [1.29, 1.82) is 0 Å². The zero-order chi connectivity index (χ0) is 20.6. The summed E-state index contributed by atoms with van der Waals surface area (Å²) in [5, 5.41) is 3.06. The number of nitrogens with zero attached hydrogens (tertiary/aromatic N) is 2. The van der Waals surface area contributed by atoms with Gasteiger partial charge in [0.25, 0.3) is 5.56 Å². The Morgan fingerprint density at radius 2 is 2.03 bits per heavy atom. The summed E-state index contributed by atoms with van der Waals surface area (Å²) in [7, 11) is 0. The topological polar surface area (TPSA) is 80.6 Å². The van der Waals surface area contributed by atoms with Crippen molar-refractivity contribution >= 4 is 11.8 Å². The summed E-state index contributed by atoms with van der Waals surface area (Å²) in [6, 6.07) is 5.52. The van der Waals surface area contributed by atoms with Gasteiger partial charge in [0.05, 0.1) is 5.60 Å². The molecule has 2 bridgehead atoms. The number of fused-ring (bicyclic) bond motifs is 4. The Kier molecular flexibility index (Phi) is 5.51. The van der Waals surface area contributed by atoms with Crippen LogP contribution < -0.4 is 10.9 Å². The van der Waals surface area contributed by atoms with Crippen molar-refractivity contribution in [2.24, 2.45) is 5.92 Å². The highest BCUT2D eigenvalue weighted by molar-refractivity contribution is 5.84. The number of hydrogen-bond donors (Lipinski definition) is 1. The second-order valence-corrected chi connectivity index (χ2v) is 9.36. The minimum Gasteiger partial charge on any atom is -0.375 e. The first-order valence-electron chi connectivity index (χ1n) is 10.7. The maximum atomic E-state index is 12.8. The lowest BCUT2D eigenvalue weighted by atomic mass is 9.83. The summed E-state index contributed by atoms with van der Waals surface area (Å²) in [5.74, 6) is 0.492. The van der Waals surface area contributed by atoms with E-state index in [1.807, 2.05) is 29.4 Å². The van der Waals surface area contributed by atoms with Gasteiger partial charge in [-0.2, -0.15) is 0 Å². The van der Waals surface area contributed by atoms with Crippen LogP contribution in [0.25, 0.3) is 0 Å². The predicted molar refractivity (Wildman–Crippen MR) is 109 cm³/mol. The third-order valence-corrected chi connectivity index (χ3v) is 6.46. The Labute approximate surface area is 171 Å². The van der Waals surface area contributed by atoms with Crippen LogP contribution in [0.3, 0.4) is 0 Å². The number of pyridine rings is 1. The van der Waals surface area contributed by atoms with Gasteiger partial charge in [-0.3, -0.25) is 14.4 Å². The van der Waals surface area contributed by atoms with E-state index in [0.717, 1.165) is 25.0 Å². The normalized spacial score (nSPS) is 27.8. The molecule has 1 aromatic rings. The number of hydrogen-bond acceptors (Lipinski definition) is 4. The zero-order valence-electron chi connectivity index (χ0n) is 17.4. The Hall–Kier alpha value is -2.15. The van der Waals surface area contributed by atoms with Crippen molar-refractivity contribution in [2.45, 2.75) is 70.1 Å². The van der Waals surface area contributed by atoms with Crippen molar-refractivity contribution < 1.29 is 14.3 Å². The van der Waals surface area contributed by atoms with Gasteiger partial charge >= 0.3 is 0 Å². The molecule has 3 atom stereocenters. The van der Waals surface area contributed by atoms with Crippen LogP contribution in [-0.4, -0.2) is 52.6 Å². The predicted octanol–water partition coefficient (Wildman–Crippen LogP) is 1.65. The minimum atomic E-state index is -0.212. The summed E-state index contributed by atoms with van der Waals surface area (Å²) < 4.78 is 7.55. The number of amides is 2. The lowest BCUT2D eigenvalue weighted by Gasteiger charge is -2.42. The number of aromatic nitrogens is 1. The second-order valence-electron chi connectivity index (χ2n) is 9.36. The van der Waals surface area contributed by atoms with E-state index in [1.165, 1.54) is 0 Å². The van der Waals surface area contributed by atoms with Crippen molar-refractivity contribution in [2.75, 3.05) is 19.7 Å². The van der Waals surface area contributed by atoms with E-state index in [4.69, 9.17) is 4.74 Å². The lowest BCUT2D eigenvalue weighted by molar-refractivity contribution is -0.136. The van der Waals surface area contributed by atoms with Crippen LogP contribution in [-0.2, 0) is 20.9 Å². The van der Waals surface area contributed by atoms with Gasteiger partial charge in [0.1, 0.15) is 0 Å². The fourth-order valence-electron chi connectivity index (χ4n) is 5.13. The van der Waals surface area contributed by atoms with Crippen LogP contribution in [0.2, 0.25) is 0 Å². The molecule has 2 amide bonds. The minimum absolute atomic E-state index is 0.0360. The fourth-order valence-corrected chi connectivity index (χ4v) is 5.13. The molecule has 0 aliphatic carbocycles. The molecule has 3 aliphatic rings. The van der Waals surface area contributed by atoms with Gasteiger partial charge in [0.15, 0.2) is 0 Å². The molecule has 2 saturated heterocycles. The molecular formula is C22H31N3O4. The monoisotopic (exact) mass is 401 g/mol. The summed E-state index contributed by atoms with van der Waals surface area (Å²) in [6.07, 6.45) is 3.09. The smallest absolute Gasteiger partial charge is 0.250 e. The third kappa shape index (κ3) is 4.55. The standard InChI is InChI=1S/C22H31N3O4/c1-22(2)11-17(8-9-29-22)23-19(26)6-7-20(27)24-12-15-10-16(14-24)18-4-3-5-21(28)25(18)13-15/h3-5,15-17H,6-14H2,1-2H3,(H,23,26)/t15?,16-,17?/m0/s1. The first-order chi connectivity index (χ1) is 13.8. The van der Waals surface area contributed by atoms with Crippen LogP contribution in [0.1, 0.15) is 57.6 Å². The van der Waals surface area contributed by atoms with Crippen molar-refractivity contribution in [3.8, 4) is 0 Å². The molecule has 0 radical (unpaired) electrons. The van der Waals surface area contributed by atoms with E-state index in [9.17, 15) is 14.4 Å². The number of likely N-dealkylation sites (tertiary alicyclic amines) is 1. The number of nitrogens with one attached hydrogen (secondary N) is 1. The van der Waals surface area contributed by atoms with Gasteiger partial charge < -0.3 is 19.5 Å². The number of rotatable bonds is 4. The van der Waals surface area contributed by atoms with E-state index in [1.54, 1.807) is 12.1 Å². The highest BCUT2D eigenvalue weighted by Crippen LogP contribution is 2.35. The molecule has 4 heterocycles. The maximum absolute atomic E-state index is 12.8. The van der Waals surface area contributed by atoms with E-state index < -0.39 is 0 Å². The maximum Gasteiger partial charge on any atom is 0.250 e. The second kappa shape index (κ2) is 7.94. The Morgan fingerprint density at radius 1 is 1.21 bits per heavy atom. The fraction of sp³-hybridized carbons (Fsp3) is 0.682. The molecule has 29 heavy (non-hydrogen) atoms. The highest BCUT2D eigenvalue weighted by atomic mass is 16.5. The molecule has 7 nitrogen and oxygen atoms in total. The molecule has 2 fully saturated rings. The van der Waals surface area contributed by atoms with Crippen molar-refractivity contribution in [1.82, 2.24) is 14.8 Å². The van der Waals surface area contributed by atoms with E-state index >= 15 is 0 Å². The SMILES string of the molecule is CC1(C)CC(NC(=O)CCC(=O)N2CC3C[C@@H](C2)c2cccc(=O)n2C3)CCO1. The van der Waals surface area contributed by atoms with Gasteiger partial charge in [-0.05, 0) is 45.1 Å². The van der Waals surface area contributed by atoms with E-state index in [0.29, 0.717) is 32.2 Å². The Bertz CT molecular complexity index is 847. The van der Waals surface area contributed by atoms with Crippen LogP contribution in [0, 0.1) is 5.92 Å². The molecule has 158 valence electrons. The largest absolute Gasteiger partial charge is 0.375 e. The van der Waals surface area contributed by atoms with Crippen LogP contribution >= 0.6 is 0 Å². The molecule has 3 aliphatic heterocycles. The zero-order valence-corrected chi connectivity index (χ0v) is 17.4. The van der Waals surface area contributed by atoms with Gasteiger partial charge in [0.2, 0.25) is 11.8 Å². The lowest BCUT2D eigenvalue weighted by Crippen LogP contribution is -2.49. The van der Waals surface area contributed by atoms with E-state index in [2.05, 4.69) is 5.32 Å². The van der Waals surface area contributed by atoms with Crippen LogP contribution in [0.5, 0.6) is 0 Å². The molecule has 1 aromatic heterocycles. The van der Waals surface area contributed by atoms with Gasteiger partial charge in [0, 0.05) is 62.8 Å². The summed E-state index contributed by atoms with van der Waals surface area (Å²) in [5.41, 5.74) is 0.867. The van der Waals surface area contributed by atoms with Crippen molar-refractivity contribution in [3.63, 3.8) is 0 Å². The molecule has 2 unspecified atom stereocenters. The molecule has 4 rings (SSSR count). The average molecular weight is 402 g/mol. The quantitative estimate of drug-likeness (QED) is 0.832. The summed E-state index contributed by atoms with van der Waals surface area (Å²) in [6.45, 7) is 6.70. The molecule has 7 heteroatoms. The number of piperidine rings is 1. The number of carbonyl (C=O) groups excluding carboxylic acids is 2. The third-order valence-electron chi connectivity index (χ3n) is 6.46. The number of carbonyl (C=O) groups is 2. The molecular weight excluding hydrogens is 370 g/mol. The summed E-state index contributed by atoms with van der Waals surface area (Å²) >= 11 is 0. The van der Waals surface area contributed by atoms with Crippen molar-refractivity contribution in [3.05, 3.63) is 34.2 Å². The summed E-state index contributed by atoms with van der Waals surface area (Å²) in [4.78, 5) is 39.1. The van der Waals surface area contributed by atoms with E-state index in [-0.39, 0.29) is 47.8 Å². The van der Waals surface area contributed by atoms with Gasteiger partial charge in [-0.15, -0.1) is 0 Å². The number of ether oxygens (including phenoxy) is 1. The molecule has 0 aromatic carbocycles. The van der Waals surface area contributed by atoms with Gasteiger partial charge in [-0.25, -0.2) is 0 Å². The molecule has 0 spiro atoms. The highest BCUT2D eigenvalue weighted by Gasteiger charge is 2.36. The van der Waals surface area contributed by atoms with Gasteiger partial charge in [-0.1, -0.05) is 6.07 Å². The Balaban J connectivity index is 1.30. The van der Waals surface area contributed by atoms with Crippen LogP contribution in [0.15, 0.2) is 23.0 Å². The average Bonchev–Trinajstić information content (AvgIpc) is 2.66. The van der Waals surface area contributed by atoms with Crippen LogP contribution in [0.4, 0.5) is 0 Å². The first-order valence-corrected chi connectivity index (χ1v) is 10.7.